The van der Waals surface area contributed by atoms with Crippen LogP contribution in [0.5, 0.6) is 17.2 Å². The van der Waals surface area contributed by atoms with Gasteiger partial charge in [0.25, 0.3) is 0 Å². The molecule has 0 aliphatic heterocycles. The number of phenols is 3. The number of aromatic hydroxyl groups is 3. The number of benzene rings is 3. The van der Waals surface area contributed by atoms with E-state index in [0.717, 1.165) is 27.8 Å². The van der Waals surface area contributed by atoms with Gasteiger partial charge < -0.3 is 15.3 Å². The highest BCUT2D eigenvalue weighted by Crippen LogP contribution is 2.42. The van der Waals surface area contributed by atoms with Crippen LogP contribution in [-0.2, 0) is 5.41 Å². The Morgan fingerprint density at radius 2 is 1.12 bits per heavy atom. The fourth-order valence-corrected chi connectivity index (χ4v) is 3.25. The average molecular weight is 334 g/mol. The van der Waals surface area contributed by atoms with Gasteiger partial charge >= 0.3 is 0 Å². The Morgan fingerprint density at radius 1 is 0.640 bits per heavy atom. The van der Waals surface area contributed by atoms with Crippen LogP contribution in [-0.4, -0.2) is 15.3 Å². The first-order valence-corrected chi connectivity index (χ1v) is 8.22. The minimum absolute atomic E-state index is 0.203. The third kappa shape index (κ3) is 2.93. The van der Waals surface area contributed by atoms with Gasteiger partial charge in [-0.1, -0.05) is 36.4 Å². The van der Waals surface area contributed by atoms with Gasteiger partial charge in [0, 0.05) is 5.41 Å². The number of rotatable bonds is 3. The first-order chi connectivity index (χ1) is 11.8. The summed E-state index contributed by atoms with van der Waals surface area (Å²) >= 11 is 0. The van der Waals surface area contributed by atoms with Crippen molar-refractivity contribution in [3.05, 3.63) is 88.5 Å². The van der Waals surface area contributed by atoms with E-state index in [4.69, 9.17) is 0 Å². The van der Waals surface area contributed by atoms with E-state index in [1.54, 1.807) is 24.3 Å². The number of phenolic OH excluding ortho intramolecular Hbond substituents is 3. The Hall–Kier alpha value is -2.94. The monoisotopic (exact) mass is 334 g/mol. The van der Waals surface area contributed by atoms with Crippen LogP contribution in [0.1, 0.15) is 34.7 Å². The molecule has 3 aromatic rings. The fourth-order valence-electron chi connectivity index (χ4n) is 3.25. The minimum atomic E-state index is -0.546. The second kappa shape index (κ2) is 6.17. The van der Waals surface area contributed by atoms with E-state index in [9.17, 15) is 15.3 Å². The van der Waals surface area contributed by atoms with Gasteiger partial charge in [-0.2, -0.15) is 0 Å². The van der Waals surface area contributed by atoms with Gasteiger partial charge in [-0.15, -0.1) is 0 Å². The van der Waals surface area contributed by atoms with Gasteiger partial charge in [-0.05, 0) is 72.9 Å². The molecule has 3 heteroatoms. The van der Waals surface area contributed by atoms with Crippen molar-refractivity contribution < 1.29 is 15.3 Å². The van der Waals surface area contributed by atoms with Gasteiger partial charge in [0.05, 0.1) is 0 Å². The van der Waals surface area contributed by atoms with E-state index in [1.807, 2.05) is 50.2 Å². The van der Waals surface area contributed by atoms with E-state index in [0.29, 0.717) is 0 Å². The molecule has 128 valence electrons. The third-order valence-electron chi connectivity index (χ3n) is 4.97. The van der Waals surface area contributed by atoms with Crippen LogP contribution in [0.2, 0.25) is 0 Å². The predicted octanol–water partition coefficient (Wildman–Crippen LogP) is 4.77. The van der Waals surface area contributed by atoms with Crippen LogP contribution in [0.15, 0.2) is 60.7 Å². The Balaban J connectivity index is 2.30. The lowest BCUT2D eigenvalue weighted by molar-refractivity contribution is 0.468. The molecule has 0 saturated carbocycles. The molecule has 0 aromatic heterocycles. The van der Waals surface area contributed by atoms with Crippen molar-refractivity contribution in [3.63, 3.8) is 0 Å². The van der Waals surface area contributed by atoms with Gasteiger partial charge in [-0.25, -0.2) is 0 Å². The third-order valence-corrected chi connectivity index (χ3v) is 4.97. The van der Waals surface area contributed by atoms with Crippen LogP contribution in [0, 0.1) is 13.8 Å². The van der Waals surface area contributed by atoms with Gasteiger partial charge in [-0.3, -0.25) is 0 Å². The Bertz CT molecular complexity index is 877. The van der Waals surface area contributed by atoms with Crippen LogP contribution in [0.3, 0.4) is 0 Å². The highest BCUT2D eigenvalue weighted by atomic mass is 16.3. The standard InChI is InChI=1S/C22H22O3/c1-14-11-17(7-9-20(14)24)22(3,16-5-4-6-19(23)13-16)18-8-10-21(25)15(2)12-18/h4-13,23-25H,1-3H3. The summed E-state index contributed by atoms with van der Waals surface area (Å²) in [6.45, 7) is 5.81. The number of aryl methyl sites for hydroxylation is 2. The molecule has 0 aliphatic carbocycles. The van der Waals surface area contributed by atoms with Crippen LogP contribution in [0.4, 0.5) is 0 Å². The Kier molecular flexibility index (Phi) is 4.17. The maximum Gasteiger partial charge on any atom is 0.118 e. The van der Waals surface area contributed by atoms with E-state index in [2.05, 4.69) is 6.92 Å². The summed E-state index contributed by atoms with van der Waals surface area (Å²) in [5, 5.41) is 29.8. The zero-order chi connectivity index (χ0) is 18.2. The summed E-state index contributed by atoms with van der Waals surface area (Å²) in [5.74, 6) is 0.711. The molecule has 0 bridgehead atoms. The smallest absolute Gasteiger partial charge is 0.118 e. The molecule has 0 fully saturated rings. The molecule has 0 spiro atoms. The predicted molar refractivity (Wildman–Crippen MR) is 99.4 cm³/mol. The molecule has 0 aliphatic rings. The van der Waals surface area contributed by atoms with Gasteiger partial charge in [0.2, 0.25) is 0 Å². The first kappa shape index (κ1) is 16.9. The van der Waals surface area contributed by atoms with Crippen LogP contribution < -0.4 is 0 Å². The molecule has 0 amide bonds. The Morgan fingerprint density at radius 3 is 1.56 bits per heavy atom. The van der Waals surface area contributed by atoms with E-state index < -0.39 is 5.41 Å². The molecular weight excluding hydrogens is 312 g/mol. The topological polar surface area (TPSA) is 60.7 Å². The largest absolute Gasteiger partial charge is 0.508 e. The molecule has 0 unspecified atom stereocenters. The van der Waals surface area contributed by atoms with Crippen molar-refractivity contribution in [2.45, 2.75) is 26.2 Å². The van der Waals surface area contributed by atoms with Crippen molar-refractivity contribution in [3.8, 4) is 17.2 Å². The maximum atomic E-state index is 9.99. The van der Waals surface area contributed by atoms with E-state index in [-0.39, 0.29) is 17.2 Å². The zero-order valence-electron chi connectivity index (χ0n) is 14.6. The molecule has 25 heavy (non-hydrogen) atoms. The lowest BCUT2D eigenvalue weighted by Gasteiger charge is -2.32. The van der Waals surface area contributed by atoms with Crippen LogP contribution >= 0.6 is 0 Å². The van der Waals surface area contributed by atoms with Crippen molar-refractivity contribution >= 4 is 0 Å². The first-order valence-electron chi connectivity index (χ1n) is 8.22. The average Bonchev–Trinajstić information content (AvgIpc) is 2.59. The molecule has 0 radical (unpaired) electrons. The summed E-state index contributed by atoms with van der Waals surface area (Å²) < 4.78 is 0. The molecule has 3 N–H and O–H groups in total. The summed E-state index contributed by atoms with van der Waals surface area (Å²) in [7, 11) is 0. The van der Waals surface area contributed by atoms with E-state index >= 15 is 0 Å². The van der Waals surface area contributed by atoms with Gasteiger partial charge in [0.1, 0.15) is 17.2 Å². The fraction of sp³-hybridized carbons (Fsp3) is 0.182. The number of hydrogen-bond donors (Lipinski definition) is 3. The summed E-state index contributed by atoms with van der Waals surface area (Å²) in [6.07, 6.45) is 0. The van der Waals surface area contributed by atoms with Gasteiger partial charge in [0.15, 0.2) is 0 Å². The molecular formula is C22H22O3. The number of hydrogen-bond acceptors (Lipinski definition) is 3. The quantitative estimate of drug-likeness (QED) is 0.604. The highest BCUT2D eigenvalue weighted by molar-refractivity contribution is 5.54. The summed E-state index contributed by atoms with van der Waals surface area (Å²) in [4.78, 5) is 0. The second-order valence-electron chi connectivity index (χ2n) is 6.68. The lowest BCUT2D eigenvalue weighted by Crippen LogP contribution is -2.25. The normalized spacial score (nSPS) is 11.5. The molecule has 3 nitrogen and oxygen atoms in total. The van der Waals surface area contributed by atoms with Crippen LogP contribution in [0.25, 0.3) is 0 Å². The van der Waals surface area contributed by atoms with Crippen molar-refractivity contribution in [1.82, 2.24) is 0 Å². The molecule has 3 aromatic carbocycles. The second-order valence-corrected chi connectivity index (χ2v) is 6.68. The summed E-state index contributed by atoms with van der Waals surface area (Å²) in [5.41, 5.74) is 3.97. The SMILES string of the molecule is Cc1cc(C(C)(c2cccc(O)c2)c2ccc(O)c(C)c2)ccc1O. The zero-order valence-corrected chi connectivity index (χ0v) is 14.6. The van der Waals surface area contributed by atoms with Crippen molar-refractivity contribution in [1.29, 1.82) is 0 Å². The molecule has 3 rings (SSSR count). The van der Waals surface area contributed by atoms with Crippen molar-refractivity contribution in [2.24, 2.45) is 0 Å². The lowest BCUT2D eigenvalue weighted by atomic mass is 9.70. The maximum absolute atomic E-state index is 9.99. The molecule has 0 atom stereocenters. The molecule has 0 saturated heterocycles. The minimum Gasteiger partial charge on any atom is -0.508 e. The van der Waals surface area contributed by atoms with E-state index in [1.165, 1.54) is 0 Å². The van der Waals surface area contributed by atoms with Crippen molar-refractivity contribution in [2.75, 3.05) is 0 Å². The Labute approximate surface area is 147 Å². The molecule has 0 heterocycles. The summed E-state index contributed by atoms with van der Waals surface area (Å²) in [6, 6.07) is 18.3. The highest BCUT2D eigenvalue weighted by Gasteiger charge is 2.32.